The molecule has 2 rings (SSSR count). The summed E-state index contributed by atoms with van der Waals surface area (Å²) in [7, 11) is -7.79. The number of primary sulfonamides is 1. The number of hydrogen-bond donors (Lipinski definition) is 4. The van der Waals surface area contributed by atoms with Crippen molar-refractivity contribution in [1.29, 1.82) is 0 Å². The number of hydrogen-bond acceptors (Lipinski definition) is 10. The molecular formula is C12H21N3O7S3. The van der Waals surface area contributed by atoms with Crippen LogP contribution in [0.1, 0.15) is 37.8 Å². The summed E-state index contributed by atoms with van der Waals surface area (Å²) in [6.07, 6.45) is 1.06. The van der Waals surface area contributed by atoms with Crippen molar-refractivity contribution in [1.82, 2.24) is 10.7 Å². The predicted octanol–water partition coefficient (Wildman–Crippen LogP) is 0.384. The van der Waals surface area contributed by atoms with Gasteiger partial charge in [-0.05, 0) is 31.9 Å². The zero-order valence-corrected chi connectivity index (χ0v) is 15.9. The lowest BCUT2D eigenvalue weighted by Crippen LogP contribution is -2.36. The Labute approximate surface area is 150 Å². The van der Waals surface area contributed by atoms with Gasteiger partial charge >= 0.3 is 0 Å². The number of sulfone groups is 1. The molecule has 0 saturated carbocycles. The van der Waals surface area contributed by atoms with E-state index in [4.69, 9.17) is 15.6 Å². The molecule has 0 saturated heterocycles. The molecule has 1 aromatic heterocycles. The van der Waals surface area contributed by atoms with E-state index in [1.54, 1.807) is 0 Å². The van der Waals surface area contributed by atoms with Gasteiger partial charge in [0, 0.05) is 11.6 Å². The number of thiophene rings is 1. The van der Waals surface area contributed by atoms with Gasteiger partial charge in [0.05, 0.1) is 17.2 Å². The lowest BCUT2D eigenvalue weighted by molar-refractivity contribution is -0.492. The number of sulfonamides is 1. The van der Waals surface area contributed by atoms with Crippen LogP contribution in [-0.2, 0) is 24.7 Å². The molecule has 0 fully saturated rings. The fraction of sp³-hybridized carbons (Fsp3) is 0.667. The first kappa shape index (κ1) is 20.7. The molecule has 0 unspecified atom stereocenters. The number of nitrogens with one attached hydrogen (secondary N) is 1. The SMILES string of the molecule is CCCN[C@H]1C[C@H](CCON(O)O)S(=O)(=O)c2sc(S(N)(=O)=O)cc21. The minimum Gasteiger partial charge on any atom is -0.310 e. The quantitative estimate of drug-likeness (QED) is 0.440. The lowest BCUT2D eigenvalue weighted by atomic mass is 10.0. The Morgan fingerprint density at radius 3 is 2.72 bits per heavy atom. The third kappa shape index (κ3) is 4.75. The number of rotatable bonds is 8. The Morgan fingerprint density at radius 1 is 1.48 bits per heavy atom. The summed E-state index contributed by atoms with van der Waals surface area (Å²) in [6, 6.07) is 0.977. The van der Waals surface area contributed by atoms with Gasteiger partial charge in [0.2, 0.25) is 10.0 Å². The number of fused-ring (bicyclic) bond motifs is 1. The third-order valence-electron chi connectivity index (χ3n) is 3.84. The summed E-state index contributed by atoms with van der Waals surface area (Å²) in [5.74, 6) is 0. The topological polar surface area (TPSA) is 159 Å². The maximum absolute atomic E-state index is 12.8. The molecule has 144 valence electrons. The van der Waals surface area contributed by atoms with Gasteiger partial charge in [0.1, 0.15) is 8.42 Å². The maximum atomic E-state index is 12.8. The molecule has 0 radical (unpaired) electrons. The van der Waals surface area contributed by atoms with Gasteiger partial charge in [0.15, 0.2) is 9.84 Å². The molecular weight excluding hydrogens is 394 g/mol. The molecule has 0 bridgehead atoms. The van der Waals surface area contributed by atoms with Crippen LogP contribution in [0.2, 0.25) is 0 Å². The average molecular weight is 416 g/mol. The molecule has 0 aliphatic carbocycles. The summed E-state index contributed by atoms with van der Waals surface area (Å²) in [5.41, 5.74) is 0.408. The van der Waals surface area contributed by atoms with Crippen molar-refractivity contribution in [2.45, 2.75) is 45.9 Å². The fourth-order valence-corrected chi connectivity index (χ4v) is 7.37. The highest BCUT2D eigenvalue weighted by Crippen LogP contribution is 2.43. The number of nitrogens with zero attached hydrogens (tertiary/aromatic N) is 1. The smallest absolute Gasteiger partial charge is 0.247 e. The minimum absolute atomic E-state index is 0.0201. The largest absolute Gasteiger partial charge is 0.310 e. The fourth-order valence-electron chi connectivity index (χ4n) is 2.69. The summed E-state index contributed by atoms with van der Waals surface area (Å²) in [5, 5.41) is 24.1. The first-order chi connectivity index (χ1) is 11.6. The first-order valence-corrected chi connectivity index (χ1v) is 11.4. The van der Waals surface area contributed by atoms with Crippen LogP contribution in [0.4, 0.5) is 0 Å². The van der Waals surface area contributed by atoms with Gasteiger partial charge in [-0.25, -0.2) is 22.0 Å². The van der Waals surface area contributed by atoms with Crippen LogP contribution >= 0.6 is 11.3 Å². The zero-order chi connectivity index (χ0) is 18.8. The summed E-state index contributed by atoms with van der Waals surface area (Å²) < 4.78 is 48.6. The second-order valence-corrected chi connectivity index (χ2v) is 10.9. The van der Waals surface area contributed by atoms with E-state index in [1.807, 2.05) is 6.92 Å². The Kier molecular flexibility index (Phi) is 6.56. The van der Waals surface area contributed by atoms with Crippen LogP contribution in [0.15, 0.2) is 14.5 Å². The molecule has 1 aliphatic heterocycles. The monoisotopic (exact) mass is 415 g/mol. The highest BCUT2D eigenvalue weighted by Gasteiger charge is 2.41. The zero-order valence-electron chi connectivity index (χ0n) is 13.5. The van der Waals surface area contributed by atoms with E-state index in [-0.39, 0.29) is 33.9 Å². The highest BCUT2D eigenvalue weighted by atomic mass is 32.3. The Hall–Kier alpha value is -0.640. The highest BCUT2D eigenvalue weighted by molar-refractivity contribution is 7.95. The van der Waals surface area contributed by atoms with Crippen LogP contribution < -0.4 is 10.5 Å². The van der Waals surface area contributed by atoms with Crippen LogP contribution in [0.25, 0.3) is 0 Å². The minimum atomic E-state index is -4.01. The van der Waals surface area contributed by atoms with Gasteiger partial charge in [-0.2, -0.15) is 0 Å². The van der Waals surface area contributed by atoms with E-state index in [1.165, 1.54) is 6.07 Å². The van der Waals surface area contributed by atoms with Crippen LogP contribution in [-0.4, -0.2) is 51.0 Å². The molecule has 0 amide bonds. The average Bonchev–Trinajstić information content (AvgIpc) is 2.95. The molecule has 2 atom stereocenters. The molecule has 2 heterocycles. The third-order valence-corrected chi connectivity index (χ3v) is 9.21. The van der Waals surface area contributed by atoms with Gasteiger partial charge in [-0.15, -0.1) is 11.3 Å². The first-order valence-electron chi connectivity index (χ1n) is 7.52. The molecule has 13 heteroatoms. The lowest BCUT2D eigenvalue weighted by Gasteiger charge is -2.30. The Balaban J connectivity index is 2.38. The van der Waals surface area contributed by atoms with Crippen LogP contribution in [0.3, 0.4) is 0 Å². The van der Waals surface area contributed by atoms with Crippen molar-refractivity contribution in [2.24, 2.45) is 5.14 Å². The summed E-state index contributed by atoms with van der Waals surface area (Å²) >= 11 is 0.639. The maximum Gasteiger partial charge on any atom is 0.247 e. The van der Waals surface area contributed by atoms with E-state index in [2.05, 4.69) is 10.2 Å². The molecule has 1 aromatic rings. The van der Waals surface area contributed by atoms with E-state index in [0.29, 0.717) is 23.4 Å². The second kappa shape index (κ2) is 7.94. The van der Waals surface area contributed by atoms with E-state index >= 15 is 0 Å². The van der Waals surface area contributed by atoms with E-state index in [9.17, 15) is 16.8 Å². The van der Waals surface area contributed by atoms with Crippen molar-refractivity contribution >= 4 is 31.2 Å². The summed E-state index contributed by atoms with van der Waals surface area (Å²) in [6.45, 7) is 2.37. The molecule has 10 nitrogen and oxygen atoms in total. The van der Waals surface area contributed by atoms with E-state index < -0.39 is 30.5 Å². The standard InChI is InChI=1S/C12H21N3O7S3/c1-2-4-14-10-6-8(3-5-22-15(16)17)24(18,19)12-9(10)7-11(23-12)25(13,20)21/h7-8,10,14,16-17H,2-6H2,1H3,(H2,13,20,21)/t8-,10-/m0/s1. The van der Waals surface area contributed by atoms with Crippen molar-refractivity contribution in [3.05, 3.63) is 11.6 Å². The van der Waals surface area contributed by atoms with Gasteiger partial charge in [0.25, 0.3) is 0 Å². The number of nitrogens with two attached hydrogens (primary N) is 1. The van der Waals surface area contributed by atoms with Crippen LogP contribution in [0, 0.1) is 0 Å². The van der Waals surface area contributed by atoms with Crippen molar-refractivity contribution < 1.29 is 32.1 Å². The van der Waals surface area contributed by atoms with E-state index in [0.717, 1.165) is 6.42 Å². The van der Waals surface area contributed by atoms with Crippen molar-refractivity contribution in [3.8, 4) is 0 Å². The van der Waals surface area contributed by atoms with Crippen molar-refractivity contribution in [2.75, 3.05) is 13.2 Å². The van der Waals surface area contributed by atoms with Gasteiger partial charge < -0.3 is 5.32 Å². The molecule has 0 aromatic carbocycles. The van der Waals surface area contributed by atoms with Crippen molar-refractivity contribution in [3.63, 3.8) is 0 Å². The molecule has 0 spiro atoms. The molecule has 25 heavy (non-hydrogen) atoms. The van der Waals surface area contributed by atoms with Crippen LogP contribution in [0.5, 0.6) is 0 Å². The summed E-state index contributed by atoms with van der Waals surface area (Å²) in [4.78, 5) is 4.45. The normalized spacial score (nSPS) is 22.9. The Bertz CT molecular complexity index is 804. The Morgan fingerprint density at radius 2 is 2.16 bits per heavy atom. The van der Waals surface area contributed by atoms with Gasteiger partial charge in [-0.3, -0.25) is 15.3 Å². The predicted molar refractivity (Wildman–Crippen MR) is 88.3 cm³/mol. The second-order valence-electron chi connectivity index (χ2n) is 5.64. The van der Waals surface area contributed by atoms with Gasteiger partial charge in [-0.1, -0.05) is 6.92 Å². The molecule has 1 aliphatic rings. The molecule has 5 N–H and O–H groups in total.